The van der Waals surface area contributed by atoms with Crippen LogP contribution < -0.4 is 9.64 Å². The predicted molar refractivity (Wildman–Crippen MR) is 153 cm³/mol. The van der Waals surface area contributed by atoms with Gasteiger partial charge in [-0.05, 0) is 80.3 Å². The summed E-state index contributed by atoms with van der Waals surface area (Å²) in [5.74, 6) is 0.650. The predicted octanol–water partition coefficient (Wildman–Crippen LogP) is 7.05. The van der Waals surface area contributed by atoms with E-state index >= 15 is 0 Å². The average Bonchev–Trinajstić information content (AvgIpc) is 3.57. The molecular formula is C33H35N2O3+. The number of carbonyl (C=O) groups is 1. The maximum Gasteiger partial charge on any atom is 0.309 e. The number of benzene rings is 3. The lowest BCUT2D eigenvalue weighted by Crippen LogP contribution is -2.28. The molecule has 0 radical (unpaired) electrons. The molecule has 2 heterocycles. The van der Waals surface area contributed by atoms with Gasteiger partial charge in [-0.15, -0.1) is 0 Å². The number of carboxylic acids is 1. The zero-order valence-corrected chi connectivity index (χ0v) is 22.4. The summed E-state index contributed by atoms with van der Waals surface area (Å²) in [7, 11) is 1.71. The molecule has 0 spiro atoms. The zero-order chi connectivity index (χ0) is 26.4. The van der Waals surface area contributed by atoms with Crippen molar-refractivity contribution < 1.29 is 19.2 Å². The van der Waals surface area contributed by atoms with Gasteiger partial charge < -0.3 is 14.7 Å². The van der Waals surface area contributed by atoms with Crippen molar-refractivity contribution in [3.8, 4) is 5.75 Å². The molecule has 3 aliphatic rings. The van der Waals surface area contributed by atoms with Gasteiger partial charge in [-0.2, -0.15) is 4.58 Å². The van der Waals surface area contributed by atoms with E-state index in [1.54, 1.807) is 7.11 Å². The van der Waals surface area contributed by atoms with Gasteiger partial charge in [0, 0.05) is 41.0 Å². The van der Waals surface area contributed by atoms with Gasteiger partial charge in [0.1, 0.15) is 12.2 Å². The highest BCUT2D eigenvalue weighted by Crippen LogP contribution is 2.52. The van der Waals surface area contributed by atoms with E-state index in [0.717, 1.165) is 17.1 Å². The molecule has 38 heavy (non-hydrogen) atoms. The Morgan fingerprint density at radius 1 is 1.08 bits per heavy atom. The molecule has 3 aromatic rings. The number of hydrogen-bond donors (Lipinski definition) is 1. The lowest BCUT2D eigenvalue weighted by Gasteiger charge is -2.27. The van der Waals surface area contributed by atoms with Crippen LogP contribution in [0.3, 0.4) is 0 Å². The van der Waals surface area contributed by atoms with Crippen molar-refractivity contribution in [1.29, 1.82) is 0 Å². The maximum absolute atomic E-state index is 11.4. The van der Waals surface area contributed by atoms with Crippen LogP contribution in [0.5, 0.6) is 5.75 Å². The van der Waals surface area contributed by atoms with Crippen molar-refractivity contribution >= 4 is 34.8 Å². The second-order valence-electron chi connectivity index (χ2n) is 11.1. The summed E-state index contributed by atoms with van der Waals surface area (Å²) in [6.45, 7) is 4.91. The molecule has 5 nitrogen and oxygen atoms in total. The van der Waals surface area contributed by atoms with E-state index in [9.17, 15) is 9.90 Å². The number of ether oxygens (including phenoxy) is 1. The van der Waals surface area contributed by atoms with Gasteiger partial charge in [-0.25, -0.2) is 0 Å². The number of carboxylic acid groups (broad SMARTS) is 1. The van der Waals surface area contributed by atoms with Crippen LogP contribution in [0.15, 0.2) is 72.8 Å². The van der Waals surface area contributed by atoms with Gasteiger partial charge in [0.25, 0.3) is 0 Å². The SMILES string of the molecule is COc1ccc(N2c3ccc(/C=C/C4=[N+](CCC(=O)O)c5ccccc5C4(C)C)cc3C3CCCC32)cc1. The van der Waals surface area contributed by atoms with Crippen molar-refractivity contribution in [2.24, 2.45) is 0 Å². The van der Waals surface area contributed by atoms with E-state index in [1.165, 1.54) is 47.3 Å². The van der Waals surface area contributed by atoms with Crippen molar-refractivity contribution in [1.82, 2.24) is 0 Å². The summed E-state index contributed by atoms with van der Waals surface area (Å²) in [6.07, 6.45) is 8.19. The van der Waals surface area contributed by atoms with E-state index in [-0.39, 0.29) is 11.8 Å². The van der Waals surface area contributed by atoms with Crippen molar-refractivity contribution in [3.05, 3.63) is 89.5 Å². The molecule has 1 fully saturated rings. The quantitative estimate of drug-likeness (QED) is 0.348. The summed E-state index contributed by atoms with van der Waals surface area (Å²) < 4.78 is 7.57. The van der Waals surface area contributed by atoms with Crippen LogP contribution in [-0.2, 0) is 10.2 Å². The van der Waals surface area contributed by atoms with Crippen LogP contribution in [0.2, 0.25) is 0 Å². The molecule has 2 atom stereocenters. The Morgan fingerprint density at radius 2 is 1.87 bits per heavy atom. The molecule has 2 unspecified atom stereocenters. The molecule has 0 saturated heterocycles. The maximum atomic E-state index is 11.4. The number of hydrogen-bond acceptors (Lipinski definition) is 3. The first-order chi connectivity index (χ1) is 18.4. The molecule has 1 saturated carbocycles. The van der Waals surface area contributed by atoms with Crippen molar-refractivity contribution in [3.63, 3.8) is 0 Å². The highest BCUT2D eigenvalue weighted by Gasteiger charge is 2.44. The third-order valence-corrected chi connectivity index (χ3v) is 8.65. The van der Waals surface area contributed by atoms with Crippen LogP contribution in [0.1, 0.15) is 62.1 Å². The average molecular weight is 508 g/mol. The number of fused-ring (bicyclic) bond motifs is 4. The summed E-state index contributed by atoms with van der Waals surface area (Å²) in [5.41, 5.74) is 8.43. The highest BCUT2D eigenvalue weighted by molar-refractivity contribution is 6.05. The van der Waals surface area contributed by atoms with Crippen LogP contribution in [0.25, 0.3) is 6.08 Å². The second-order valence-corrected chi connectivity index (χ2v) is 11.1. The summed E-state index contributed by atoms with van der Waals surface area (Å²) in [4.78, 5) is 13.9. The topological polar surface area (TPSA) is 52.8 Å². The molecular weight excluding hydrogens is 472 g/mol. The van der Waals surface area contributed by atoms with Crippen LogP contribution >= 0.6 is 0 Å². The lowest BCUT2D eigenvalue weighted by atomic mass is 9.81. The summed E-state index contributed by atoms with van der Waals surface area (Å²) in [6, 6.07) is 24.1. The van der Waals surface area contributed by atoms with Crippen molar-refractivity contribution in [2.45, 2.75) is 56.9 Å². The Labute approximate surface area is 224 Å². The Balaban J connectivity index is 1.35. The number of methoxy groups -OCH3 is 1. The summed E-state index contributed by atoms with van der Waals surface area (Å²) >= 11 is 0. The Kier molecular flexibility index (Phi) is 6.10. The molecule has 0 amide bonds. The number of anilines is 2. The molecule has 5 heteroatoms. The molecule has 2 aliphatic heterocycles. The number of aliphatic carboxylic acids is 1. The fraction of sp³-hybridized carbons (Fsp3) is 0.333. The molecule has 0 aromatic heterocycles. The van der Waals surface area contributed by atoms with Gasteiger partial charge in [0.05, 0.1) is 12.5 Å². The zero-order valence-electron chi connectivity index (χ0n) is 22.4. The fourth-order valence-electron chi connectivity index (χ4n) is 6.82. The minimum Gasteiger partial charge on any atom is -0.497 e. The standard InChI is InChI=1S/C33H34N2O3/c1-33(2)27-8-4-5-9-30(27)34(20-19-32(36)37)31(33)18-12-22-11-17-29-26(21-22)25-7-6-10-28(25)35(29)23-13-15-24(38-3)16-14-23/h4-5,8-9,11-18,21,25,28H,6-7,10,19-20H2,1-3H3/p+1. The number of para-hydroxylation sites is 1. The van der Waals surface area contributed by atoms with E-state index in [1.807, 2.05) is 18.2 Å². The van der Waals surface area contributed by atoms with Gasteiger partial charge in [0.15, 0.2) is 12.3 Å². The first kappa shape index (κ1) is 24.5. The van der Waals surface area contributed by atoms with Crippen molar-refractivity contribution in [2.75, 3.05) is 18.6 Å². The van der Waals surface area contributed by atoms with E-state index in [4.69, 9.17) is 4.74 Å². The molecule has 194 valence electrons. The third kappa shape index (κ3) is 4.01. The first-order valence-electron chi connectivity index (χ1n) is 13.6. The van der Waals surface area contributed by atoms with Gasteiger partial charge >= 0.3 is 5.97 Å². The number of nitrogens with zero attached hydrogens (tertiary/aromatic N) is 2. The summed E-state index contributed by atoms with van der Waals surface area (Å²) in [5, 5.41) is 9.38. The second kappa shape index (κ2) is 9.46. The molecule has 3 aromatic carbocycles. The molecule has 0 bridgehead atoms. The van der Waals surface area contributed by atoms with E-state index in [0.29, 0.717) is 18.5 Å². The van der Waals surface area contributed by atoms with Gasteiger partial charge in [-0.3, -0.25) is 4.79 Å². The molecule has 1 aliphatic carbocycles. The highest BCUT2D eigenvalue weighted by atomic mass is 16.5. The van der Waals surface area contributed by atoms with Gasteiger partial charge in [-0.1, -0.05) is 30.7 Å². The number of rotatable bonds is 7. The van der Waals surface area contributed by atoms with E-state index < -0.39 is 5.97 Å². The largest absolute Gasteiger partial charge is 0.497 e. The van der Waals surface area contributed by atoms with Crippen LogP contribution in [0.4, 0.5) is 17.1 Å². The minimum absolute atomic E-state index is 0.102. The normalized spacial score (nSPS) is 21.1. The Morgan fingerprint density at radius 3 is 2.63 bits per heavy atom. The third-order valence-electron chi connectivity index (χ3n) is 8.65. The Bertz CT molecular complexity index is 1450. The van der Waals surface area contributed by atoms with Crippen LogP contribution in [-0.4, -0.2) is 41.1 Å². The fourth-order valence-corrected chi connectivity index (χ4v) is 6.82. The Hall–Kier alpha value is -3.86. The molecule has 1 N–H and O–H groups in total. The van der Waals surface area contributed by atoms with Crippen LogP contribution in [0, 0.1) is 0 Å². The first-order valence-corrected chi connectivity index (χ1v) is 13.6. The number of allylic oxidation sites excluding steroid dienone is 1. The monoisotopic (exact) mass is 507 g/mol. The lowest BCUT2D eigenvalue weighted by molar-refractivity contribution is -0.436. The molecule has 6 rings (SSSR count). The smallest absolute Gasteiger partial charge is 0.309 e. The minimum atomic E-state index is -0.776. The van der Waals surface area contributed by atoms with E-state index in [2.05, 4.69) is 84.0 Å². The van der Waals surface area contributed by atoms with Gasteiger partial charge in [0.2, 0.25) is 5.69 Å².